The fourth-order valence-electron chi connectivity index (χ4n) is 2.47. The highest BCUT2D eigenvalue weighted by Crippen LogP contribution is 2.22. The van der Waals surface area contributed by atoms with Gasteiger partial charge in [-0.25, -0.2) is 0 Å². The molecule has 0 saturated carbocycles. The lowest BCUT2D eigenvalue weighted by Gasteiger charge is -2.27. The van der Waals surface area contributed by atoms with Crippen molar-refractivity contribution in [2.45, 2.75) is 46.1 Å². The summed E-state index contributed by atoms with van der Waals surface area (Å²) in [6, 6.07) is 4.45. The molecule has 3 heteroatoms. The first-order chi connectivity index (χ1) is 9.08. The van der Waals surface area contributed by atoms with Gasteiger partial charge in [-0.2, -0.15) is 0 Å². The van der Waals surface area contributed by atoms with Crippen LogP contribution in [-0.2, 0) is 11.3 Å². The number of morpholine rings is 1. The van der Waals surface area contributed by atoms with Crippen LogP contribution in [-0.4, -0.2) is 36.2 Å². The van der Waals surface area contributed by atoms with E-state index in [2.05, 4.69) is 44.7 Å². The van der Waals surface area contributed by atoms with Gasteiger partial charge in [0.25, 0.3) is 0 Å². The summed E-state index contributed by atoms with van der Waals surface area (Å²) in [6.07, 6.45) is 0. The molecule has 0 atom stereocenters. The SMILES string of the molecule is CC(C)c1ccc(C(C)C)c(CN2CCOCC2)n1. The molecule has 1 saturated heterocycles. The predicted molar refractivity (Wildman–Crippen MR) is 78.5 cm³/mol. The second-order valence-corrected chi connectivity index (χ2v) is 5.97. The van der Waals surface area contributed by atoms with E-state index in [1.165, 1.54) is 17.0 Å². The molecule has 0 radical (unpaired) electrons. The van der Waals surface area contributed by atoms with Crippen LogP contribution >= 0.6 is 0 Å². The van der Waals surface area contributed by atoms with Crippen LogP contribution in [0.25, 0.3) is 0 Å². The minimum Gasteiger partial charge on any atom is -0.379 e. The fraction of sp³-hybridized carbons (Fsp3) is 0.688. The molecule has 0 spiro atoms. The highest BCUT2D eigenvalue weighted by atomic mass is 16.5. The Bertz CT molecular complexity index is 409. The van der Waals surface area contributed by atoms with Crippen molar-refractivity contribution >= 4 is 0 Å². The maximum atomic E-state index is 5.41. The third kappa shape index (κ3) is 3.77. The van der Waals surface area contributed by atoms with E-state index < -0.39 is 0 Å². The molecule has 1 aromatic rings. The average Bonchev–Trinajstić information content (AvgIpc) is 2.39. The van der Waals surface area contributed by atoms with Crippen LogP contribution in [0.3, 0.4) is 0 Å². The summed E-state index contributed by atoms with van der Waals surface area (Å²) in [5.74, 6) is 1.02. The van der Waals surface area contributed by atoms with E-state index in [0.29, 0.717) is 11.8 Å². The van der Waals surface area contributed by atoms with E-state index in [9.17, 15) is 0 Å². The Morgan fingerprint density at radius 2 is 1.79 bits per heavy atom. The van der Waals surface area contributed by atoms with Gasteiger partial charge in [0.1, 0.15) is 0 Å². The lowest BCUT2D eigenvalue weighted by Crippen LogP contribution is -2.36. The summed E-state index contributed by atoms with van der Waals surface area (Å²) in [5.41, 5.74) is 3.84. The van der Waals surface area contributed by atoms with Crippen LogP contribution in [0.1, 0.15) is 56.5 Å². The third-order valence-electron chi connectivity index (χ3n) is 3.72. The number of nitrogens with zero attached hydrogens (tertiary/aromatic N) is 2. The van der Waals surface area contributed by atoms with Crippen molar-refractivity contribution < 1.29 is 4.74 Å². The van der Waals surface area contributed by atoms with Gasteiger partial charge >= 0.3 is 0 Å². The molecule has 106 valence electrons. The number of hydrogen-bond acceptors (Lipinski definition) is 3. The lowest BCUT2D eigenvalue weighted by molar-refractivity contribution is 0.0335. The number of rotatable bonds is 4. The Balaban J connectivity index is 2.21. The summed E-state index contributed by atoms with van der Waals surface area (Å²) in [7, 11) is 0. The maximum Gasteiger partial charge on any atom is 0.0594 e. The van der Waals surface area contributed by atoms with Crippen molar-refractivity contribution in [2.24, 2.45) is 0 Å². The maximum absolute atomic E-state index is 5.41. The van der Waals surface area contributed by atoms with Crippen molar-refractivity contribution in [3.63, 3.8) is 0 Å². The van der Waals surface area contributed by atoms with Gasteiger partial charge in [0.05, 0.1) is 18.9 Å². The van der Waals surface area contributed by atoms with Crippen molar-refractivity contribution in [1.29, 1.82) is 0 Å². The van der Waals surface area contributed by atoms with Crippen LogP contribution in [0.2, 0.25) is 0 Å². The van der Waals surface area contributed by atoms with E-state index in [4.69, 9.17) is 9.72 Å². The van der Waals surface area contributed by atoms with Crippen molar-refractivity contribution in [3.8, 4) is 0 Å². The molecule has 2 heterocycles. The normalized spacial score (nSPS) is 17.4. The van der Waals surface area contributed by atoms with Crippen molar-refractivity contribution in [3.05, 3.63) is 29.1 Å². The molecule has 0 aromatic carbocycles. The van der Waals surface area contributed by atoms with Gasteiger partial charge in [0.15, 0.2) is 0 Å². The Labute approximate surface area is 117 Å². The zero-order valence-electron chi connectivity index (χ0n) is 12.6. The van der Waals surface area contributed by atoms with Gasteiger partial charge in [-0.15, -0.1) is 0 Å². The van der Waals surface area contributed by atoms with Crippen molar-refractivity contribution in [2.75, 3.05) is 26.3 Å². The first kappa shape index (κ1) is 14.5. The molecule has 3 nitrogen and oxygen atoms in total. The zero-order chi connectivity index (χ0) is 13.8. The molecular weight excluding hydrogens is 236 g/mol. The van der Waals surface area contributed by atoms with E-state index in [1.54, 1.807) is 0 Å². The standard InChI is InChI=1S/C16H26N2O/c1-12(2)14-5-6-15(13(3)4)17-16(14)11-18-7-9-19-10-8-18/h5-6,12-13H,7-11H2,1-4H3. The largest absolute Gasteiger partial charge is 0.379 e. The van der Waals surface area contributed by atoms with Gasteiger partial charge < -0.3 is 4.74 Å². The van der Waals surface area contributed by atoms with Gasteiger partial charge in [0, 0.05) is 25.3 Å². The van der Waals surface area contributed by atoms with Gasteiger partial charge in [-0.05, 0) is 23.5 Å². The Kier molecular flexibility index (Phi) is 4.94. The number of ether oxygens (including phenoxy) is 1. The van der Waals surface area contributed by atoms with E-state index >= 15 is 0 Å². The van der Waals surface area contributed by atoms with E-state index in [0.717, 1.165) is 32.8 Å². The average molecular weight is 262 g/mol. The minimum atomic E-state index is 0.490. The number of hydrogen-bond donors (Lipinski definition) is 0. The van der Waals surface area contributed by atoms with Crippen LogP contribution in [0.4, 0.5) is 0 Å². The Morgan fingerprint density at radius 3 is 2.37 bits per heavy atom. The van der Waals surface area contributed by atoms with E-state index in [-0.39, 0.29) is 0 Å². The molecule has 0 N–H and O–H groups in total. The highest BCUT2D eigenvalue weighted by Gasteiger charge is 2.16. The lowest BCUT2D eigenvalue weighted by atomic mass is 9.98. The first-order valence-corrected chi connectivity index (χ1v) is 7.37. The second kappa shape index (κ2) is 6.49. The Morgan fingerprint density at radius 1 is 1.11 bits per heavy atom. The smallest absolute Gasteiger partial charge is 0.0594 e. The zero-order valence-corrected chi connectivity index (χ0v) is 12.6. The molecule has 19 heavy (non-hydrogen) atoms. The summed E-state index contributed by atoms with van der Waals surface area (Å²) in [4.78, 5) is 7.35. The molecule has 0 bridgehead atoms. The quantitative estimate of drug-likeness (QED) is 0.833. The molecule has 1 aliphatic heterocycles. The number of aromatic nitrogens is 1. The topological polar surface area (TPSA) is 25.4 Å². The summed E-state index contributed by atoms with van der Waals surface area (Å²) in [5, 5.41) is 0. The van der Waals surface area contributed by atoms with Gasteiger partial charge in [-0.3, -0.25) is 9.88 Å². The molecule has 0 aliphatic carbocycles. The molecular formula is C16H26N2O. The highest BCUT2D eigenvalue weighted by molar-refractivity contribution is 5.27. The van der Waals surface area contributed by atoms with Crippen LogP contribution < -0.4 is 0 Å². The summed E-state index contributed by atoms with van der Waals surface area (Å²) in [6.45, 7) is 13.6. The van der Waals surface area contributed by atoms with Crippen LogP contribution in [0.15, 0.2) is 12.1 Å². The molecule has 0 unspecified atom stereocenters. The van der Waals surface area contributed by atoms with Gasteiger partial charge in [0.2, 0.25) is 0 Å². The number of pyridine rings is 1. The Hall–Kier alpha value is -0.930. The summed E-state index contributed by atoms with van der Waals surface area (Å²) >= 11 is 0. The molecule has 1 fully saturated rings. The first-order valence-electron chi connectivity index (χ1n) is 7.37. The monoisotopic (exact) mass is 262 g/mol. The van der Waals surface area contributed by atoms with Crippen LogP contribution in [0, 0.1) is 0 Å². The van der Waals surface area contributed by atoms with Crippen LogP contribution in [0.5, 0.6) is 0 Å². The molecule has 1 aliphatic rings. The fourth-order valence-corrected chi connectivity index (χ4v) is 2.47. The molecule has 0 amide bonds. The van der Waals surface area contributed by atoms with Gasteiger partial charge in [-0.1, -0.05) is 33.8 Å². The summed E-state index contributed by atoms with van der Waals surface area (Å²) < 4.78 is 5.41. The predicted octanol–water partition coefficient (Wildman–Crippen LogP) is 3.16. The minimum absolute atomic E-state index is 0.490. The molecule has 2 rings (SSSR count). The van der Waals surface area contributed by atoms with Crippen molar-refractivity contribution in [1.82, 2.24) is 9.88 Å². The molecule has 1 aromatic heterocycles. The second-order valence-electron chi connectivity index (χ2n) is 5.97. The third-order valence-corrected chi connectivity index (χ3v) is 3.72. The van der Waals surface area contributed by atoms with E-state index in [1.807, 2.05) is 0 Å².